The molecule has 1 amide bonds. The molecule has 0 unspecified atom stereocenters. The van der Waals surface area contributed by atoms with Crippen LogP contribution in [-0.4, -0.2) is 28.7 Å². The van der Waals surface area contributed by atoms with Crippen LogP contribution in [0.15, 0.2) is 65.6 Å². The van der Waals surface area contributed by atoms with Crippen LogP contribution in [0.3, 0.4) is 0 Å². The number of carboxylic acids is 1. The lowest BCUT2D eigenvalue weighted by atomic mass is 9.92. The minimum atomic E-state index is -4.89. The molecule has 45 heavy (non-hydrogen) atoms. The number of hydrogen-bond acceptors (Lipinski definition) is 5. The van der Waals surface area contributed by atoms with Gasteiger partial charge >= 0.3 is 12.1 Å². The van der Waals surface area contributed by atoms with Crippen molar-refractivity contribution in [3.05, 3.63) is 111 Å². The van der Waals surface area contributed by atoms with Gasteiger partial charge in [0.05, 0.1) is 25.1 Å². The number of benzene rings is 3. The molecule has 4 aromatic rings. The van der Waals surface area contributed by atoms with E-state index < -0.39 is 64.9 Å². The maximum atomic E-state index is 15.7. The Morgan fingerprint density at radius 2 is 1.73 bits per heavy atom. The van der Waals surface area contributed by atoms with Crippen LogP contribution in [0.4, 0.5) is 22.0 Å². The number of methoxy groups -OCH3 is 1. The van der Waals surface area contributed by atoms with E-state index in [-0.39, 0.29) is 28.7 Å². The number of ether oxygens (including phenoxy) is 2. The fourth-order valence-corrected chi connectivity index (χ4v) is 5.37. The molecule has 2 atom stereocenters. The van der Waals surface area contributed by atoms with Crippen molar-refractivity contribution in [2.45, 2.75) is 38.5 Å². The van der Waals surface area contributed by atoms with Gasteiger partial charge < -0.3 is 19.9 Å². The Hall–Kier alpha value is -5.20. The molecule has 1 aliphatic rings. The molecule has 2 N–H and O–H groups in total. The van der Waals surface area contributed by atoms with Crippen LogP contribution in [0.5, 0.6) is 17.2 Å². The summed E-state index contributed by atoms with van der Waals surface area (Å²) in [6, 6.07) is 6.67. The van der Waals surface area contributed by atoms with Gasteiger partial charge in [-0.3, -0.25) is 19.0 Å². The topological polar surface area (TPSA) is 107 Å². The molecule has 3 aromatic carbocycles. The molecular weight excluding hydrogens is 603 g/mol. The molecule has 5 rings (SSSR count). The summed E-state index contributed by atoms with van der Waals surface area (Å²) >= 11 is 0. The summed E-state index contributed by atoms with van der Waals surface area (Å²) in [5, 5.41) is 12.1. The minimum Gasteiger partial charge on any atom is -0.497 e. The number of hydrogen-bond donors (Lipinski definition) is 2. The third-order valence-electron chi connectivity index (χ3n) is 7.44. The Bertz CT molecular complexity index is 1900. The lowest BCUT2D eigenvalue weighted by Gasteiger charge is -2.25. The first-order valence-corrected chi connectivity index (χ1v) is 13.5. The van der Waals surface area contributed by atoms with E-state index in [2.05, 4.69) is 5.32 Å². The van der Waals surface area contributed by atoms with E-state index in [0.717, 1.165) is 12.1 Å². The second-order valence-corrected chi connectivity index (χ2v) is 10.5. The highest BCUT2D eigenvalue weighted by molar-refractivity contribution is 5.85. The smallest absolute Gasteiger partial charge is 0.416 e. The summed E-state index contributed by atoms with van der Waals surface area (Å²) in [5.41, 5.74) is -1.73. The Kier molecular flexibility index (Phi) is 8.13. The molecule has 1 aliphatic heterocycles. The highest BCUT2D eigenvalue weighted by atomic mass is 19.4. The van der Waals surface area contributed by atoms with Crippen LogP contribution >= 0.6 is 0 Å². The molecule has 4 bridgehead atoms. The van der Waals surface area contributed by atoms with E-state index in [1.165, 1.54) is 38.3 Å². The third kappa shape index (κ3) is 6.10. The van der Waals surface area contributed by atoms with Crippen molar-refractivity contribution in [3.63, 3.8) is 0 Å². The number of halogens is 5. The Labute approximate surface area is 252 Å². The quantitative estimate of drug-likeness (QED) is 0.251. The molecule has 13 heteroatoms. The van der Waals surface area contributed by atoms with Crippen molar-refractivity contribution in [2.24, 2.45) is 0 Å². The number of nitrogens with zero attached hydrogens (tertiary/aromatic N) is 1. The van der Waals surface area contributed by atoms with E-state index in [1.54, 1.807) is 13.0 Å². The van der Waals surface area contributed by atoms with Gasteiger partial charge in [0.2, 0.25) is 5.91 Å². The van der Waals surface area contributed by atoms with Gasteiger partial charge in [-0.2, -0.15) is 13.2 Å². The minimum absolute atomic E-state index is 0.0153. The second-order valence-electron chi connectivity index (χ2n) is 10.5. The van der Waals surface area contributed by atoms with Crippen molar-refractivity contribution in [2.75, 3.05) is 7.11 Å². The summed E-state index contributed by atoms with van der Waals surface area (Å²) in [5.74, 6) is -3.92. The highest BCUT2D eigenvalue weighted by Crippen LogP contribution is 2.42. The first kappa shape index (κ1) is 31.2. The summed E-state index contributed by atoms with van der Waals surface area (Å²) in [6.45, 7) is 3.18. The number of pyridine rings is 1. The largest absolute Gasteiger partial charge is 0.497 e. The number of nitrogens with one attached hydrogen (secondary N) is 1. The first-order chi connectivity index (χ1) is 21.2. The summed E-state index contributed by atoms with van der Waals surface area (Å²) in [6.07, 6.45) is -5.03. The van der Waals surface area contributed by atoms with Crippen molar-refractivity contribution < 1.29 is 46.1 Å². The van der Waals surface area contributed by atoms with Crippen LogP contribution in [0.1, 0.15) is 46.3 Å². The van der Waals surface area contributed by atoms with Crippen LogP contribution in [0, 0.1) is 25.5 Å². The van der Waals surface area contributed by atoms with E-state index in [1.807, 2.05) is 0 Å². The number of aromatic nitrogens is 1. The predicted octanol–water partition coefficient (Wildman–Crippen LogP) is 6.47. The van der Waals surface area contributed by atoms with Gasteiger partial charge in [-0.15, -0.1) is 0 Å². The maximum Gasteiger partial charge on any atom is 0.416 e. The average molecular weight is 629 g/mol. The number of carbonyl (C=O) groups is 2. The molecule has 234 valence electrons. The van der Waals surface area contributed by atoms with Gasteiger partial charge in [0.15, 0.2) is 0 Å². The molecular formula is C32H25F5N2O6. The van der Waals surface area contributed by atoms with Crippen molar-refractivity contribution >= 4 is 11.9 Å². The lowest BCUT2D eigenvalue weighted by Crippen LogP contribution is -2.40. The van der Waals surface area contributed by atoms with E-state index in [9.17, 15) is 32.7 Å². The zero-order valence-electron chi connectivity index (χ0n) is 24.0. The maximum absolute atomic E-state index is 15.7. The lowest BCUT2D eigenvalue weighted by molar-refractivity contribution is -0.138. The molecule has 0 aliphatic carbocycles. The molecule has 0 fully saturated rings. The van der Waals surface area contributed by atoms with Crippen LogP contribution in [-0.2, 0) is 15.8 Å². The second kappa shape index (κ2) is 11.7. The SMILES string of the molecule is COc1cc(C)c2c(c1)Oc1ccc(F)c(c1)[C@H](n1ccc(C(F)(F)F)cc1=O)C(=O)N[C@H](CC(=O)O)c1cc-2cc(C)c1F. The highest BCUT2D eigenvalue weighted by Gasteiger charge is 2.35. The third-order valence-corrected chi connectivity index (χ3v) is 7.44. The zero-order valence-corrected chi connectivity index (χ0v) is 24.0. The van der Waals surface area contributed by atoms with Crippen LogP contribution in [0.25, 0.3) is 11.1 Å². The van der Waals surface area contributed by atoms with E-state index >= 15 is 8.78 Å². The van der Waals surface area contributed by atoms with E-state index in [4.69, 9.17) is 9.47 Å². The fraction of sp³-hybridized carbons (Fsp3) is 0.219. The van der Waals surface area contributed by atoms with Crippen molar-refractivity contribution in [1.29, 1.82) is 0 Å². The summed E-state index contributed by atoms with van der Waals surface area (Å²) in [7, 11) is 1.43. The standard InChI is InChI=1S/C32H25F5N2O6/c1-15-9-20(44-3)13-25-28(15)17-8-16(2)29(34)22(10-17)24(14-27(41)42)38-31(43)30(21-12-19(45-25)4-5-23(21)33)39-7-6-18(11-26(39)40)32(35,36)37/h4-13,24,30H,14H2,1-3H3,(H,38,43)(H,41,42)/t24-,30+/m1/s1. The van der Waals surface area contributed by atoms with Gasteiger partial charge in [-0.25, -0.2) is 8.78 Å². The summed E-state index contributed by atoms with van der Waals surface area (Å²) in [4.78, 5) is 38.8. The van der Waals surface area contributed by atoms with Gasteiger partial charge in [-0.05, 0) is 73.0 Å². The number of amides is 1. The number of aliphatic carboxylic acids is 1. The first-order valence-electron chi connectivity index (χ1n) is 13.5. The Balaban J connectivity index is 1.83. The van der Waals surface area contributed by atoms with Gasteiger partial charge in [0.25, 0.3) is 5.56 Å². The van der Waals surface area contributed by atoms with Gasteiger partial charge in [0.1, 0.15) is 34.9 Å². The molecule has 0 radical (unpaired) electrons. The monoisotopic (exact) mass is 628 g/mol. The van der Waals surface area contributed by atoms with Crippen molar-refractivity contribution in [1.82, 2.24) is 9.88 Å². The molecule has 1 aromatic heterocycles. The molecule has 2 heterocycles. The predicted molar refractivity (Wildman–Crippen MR) is 151 cm³/mol. The average Bonchev–Trinajstić information content (AvgIpc) is 2.95. The molecule has 0 spiro atoms. The van der Waals surface area contributed by atoms with Crippen LogP contribution < -0.4 is 20.3 Å². The number of rotatable bonds is 4. The Morgan fingerprint density at radius 3 is 2.38 bits per heavy atom. The molecule has 8 nitrogen and oxygen atoms in total. The summed E-state index contributed by atoms with van der Waals surface area (Å²) < 4.78 is 83.4. The van der Waals surface area contributed by atoms with Crippen LogP contribution in [0.2, 0.25) is 0 Å². The number of fused-ring (bicyclic) bond motifs is 6. The number of carbonyl (C=O) groups excluding carboxylic acids is 1. The van der Waals surface area contributed by atoms with Crippen molar-refractivity contribution in [3.8, 4) is 28.4 Å². The zero-order chi connectivity index (χ0) is 32.8. The fourth-order valence-electron chi connectivity index (χ4n) is 5.37. The van der Waals surface area contributed by atoms with Gasteiger partial charge in [-0.1, -0.05) is 0 Å². The number of alkyl halides is 3. The number of aryl methyl sites for hydroxylation is 2. The van der Waals surface area contributed by atoms with E-state index in [0.29, 0.717) is 39.3 Å². The normalized spacial score (nSPS) is 16.3. The molecule has 0 saturated carbocycles. The molecule has 0 saturated heterocycles. The Morgan fingerprint density at radius 1 is 1.00 bits per heavy atom. The number of carboxylic acid groups (broad SMARTS) is 1. The van der Waals surface area contributed by atoms with Gasteiger partial charge in [0, 0.05) is 35.0 Å².